The van der Waals surface area contributed by atoms with Crippen LogP contribution in [0.25, 0.3) is 0 Å². The van der Waals surface area contributed by atoms with Gasteiger partial charge in [-0.25, -0.2) is 0 Å². The summed E-state index contributed by atoms with van der Waals surface area (Å²) in [6.07, 6.45) is 2.33. The second-order valence-corrected chi connectivity index (χ2v) is 7.46. The molecule has 6 nitrogen and oxygen atoms in total. The molecule has 0 spiro atoms. The first kappa shape index (κ1) is 20.2. The zero-order chi connectivity index (χ0) is 16.9. The van der Waals surface area contributed by atoms with E-state index in [4.69, 9.17) is 0 Å². The van der Waals surface area contributed by atoms with Crippen molar-refractivity contribution >= 4 is 35.6 Å². The molecule has 2 aliphatic rings. The molecule has 2 fully saturated rings. The molecule has 1 aromatic rings. The molecule has 25 heavy (non-hydrogen) atoms. The lowest BCUT2D eigenvalue weighted by atomic mass is 10.1. The number of carbonyl (C=O) groups is 2. The summed E-state index contributed by atoms with van der Waals surface area (Å²) < 4.78 is 0. The largest absolute Gasteiger partial charge is 0.338 e. The lowest BCUT2D eigenvalue weighted by Crippen LogP contribution is -2.54. The maximum absolute atomic E-state index is 12.5. The first-order valence-electron chi connectivity index (χ1n) is 8.67. The quantitative estimate of drug-likeness (QED) is 0.843. The van der Waals surface area contributed by atoms with E-state index >= 15 is 0 Å². The van der Waals surface area contributed by atoms with Crippen LogP contribution in [-0.4, -0.2) is 85.4 Å². The van der Waals surface area contributed by atoms with Gasteiger partial charge in [0.2, 0.25) is 5.91 Å². The Morgan fingerprint density at radius 1 is 1.20 bits per heavy atom. The SMILES string of the molecule is CNC1CCCN(CC(=O)N2CCN(C(=O)c3cccs3)CC2)C1.Cl. The van der Waals surface area contributed by atoms with E-state index in [1.807, 2.05) is 34.4 Å². The molecule has 0 radical (unpaired) electrons. The van der Waals surface area contributed by atoms with E-state index in [2.05, 4.69) is 10.2 Å². The van der Waals surface area contributed by atoms with E-state index in [0.29, 0.717) is 38.8 Å². The standard InChI is InChI=1S/C17H26N4O2S.ClH/c1-18-14-4-2-6-19(12-14)13-16(22)20-7-9-21(10-8-20)17(23)15-5-3-11-24-15;/h3,5,11,14,18H,2,4,6-10,12-13H2,1H3;1H. The second kappa shape index (κ2) is 9.52. The summed E-state index contributed by atoms with van der Waals surface area (Å²) in [5.41, 5.74) is 0. The van der Waals surface area contributed by atoms with Crippen molar-refractivity contribution in [1.82, 2.24) is 20.0 Å². The topological polar surface area (TPSA) is 55.9 Å². The normalized spacial score (nSPS) is 21.7. The number of nitrogens with one attached hydrogen (secondary N) is 1. The van der Waals surface area contributed by atoms with Crippen molar-refractivity contribution in [3.63, 3.8) is 0 Å². The van der Waals surface area contributed by atoms with E-state index in [1.54, 1.807) is 0 Å². The third-order valence-corrected chi connectivity index (χ3v) is 5.78. The molecule has 1 unspecified atom stereocenters. The molecule has 0 bridgehead atoms. The number of amides is 2. The summed E-state index contributed by atoms with van der Waals surface area (Å²) in [5.74, 6) is 0.278. The van der Waals surface area contributed by atoms with Gasteiger partial charge in [0.25, 0.3) is 5.91 Å². The molecule has 2 aliphatic heterocycles. The predicted molar refractivity (Wildman–Crippen MR) is 103 cm³/mol. The third-order valence-electron chi connectivity index (χ3n) is 4.92. The van der Waals surface area contributed by atoms with Crippen LogP contribution in [0, 0.1) is 0 Å². The van der Waals surface area contributed by atoms with Crippen molar-refractivity contribution in [3.8, 4) is 0 Å². The van der Waals surface area contributed by atoms with E-state index in [-0.39, 0.29) is 24.2 Å². The first-order valence-corrected chi connectivity index (χ1v) is 9.55. The Kier molecular flexibility index (Phi) is 7.68. The smallest absolute Gasteiger partial charge is 0.264 e. The van der Waals surface area contributed by atoms with Crippen molar-refractivity contribution < 1.29 is 9.59 Å². The fraction of sp³-hybridized carbons (Fsp3) is 0.647. The Labute approximate surface area is 159 Å². The van der Waals surface area contributed by atoms with Crippen molar-refractivity contribution in [2.24, 2.45) is 0 Å². The predicted octanol–water partition coefficient (Wildman–Crippen LogP) is 1.14. The minimum atomic E-state index is 0. The molecular weight excluding hydrogens is 360 g/mol. The number of nitrogens with zero attached hydrogens (tertiary/aromatic N) is 3. The highest BCUT2D eigenvalue weighted by atomic mass is 35.5. The van der Waals surface area contributed by atoms with E-state index < -0.39 is 0 Å². The number of rotatable bonds is 4. The van der Waals surface area contributed by atoms with Crippen molar-refractivity contribution in [2.75, 3.05) is 52.9 Å². The monoisotopic (exact) mass is 386 g/mol. The molecule has 3 rings (SSSR count). The molecule has 1 N–H and O–H groups in total. The van der Waals surface area contributed by atoms with Gasteiger partial charge in [0, 0.05) is 38.8 Å². The van der Waals surface area contributed by atoms with Gasteiger partial charge in [-0.1, -0.05) is 6.07 Å². The van der Waals surface area contributed by atoms with Gasteiger partial charge in [-0.05, 0) is 37.9 Å². The van der Waals surface area contributed by atoms with E-state index in [1.165, 1.54) is 17.8 Å². The van der Waals surface area contributed by atoms with Gasteiger partial charge in [-0.2, -0.15) is 0 Å². The van der Waals surface area contributed by atoms with Gasteiger partial charge in [0.05, 0.1) is 11.4 Å². The number of piperazine rings is 1. The molecule has 2 saturated heterocycles. The first-order chi connectivity index (χ1) is 11.7. The molecule has 0 saturated carbocycles. The molecule has 3 heterocycles. The van der Waals surface area contributed by atoms with E-state index in [9.17, 15) is 9.59 Å². The van der Waals surface area contributed by atoms with Crippen LogP contribution < -0.4 is 5.32 Å². The Hall–Kier alpha value is -1.15. The van der Waals surface area contributed by atoms with E-state index in [0.717, 1.165) is 24.4 Å². The molecule has 140 valence electrons. The van der Waals surface area contributed by atoms with Crippen LogP contribution in [0.3, 0.4) is 0 Å². The highest BCUT2D eigenvalue weighted by Crippen LogP contribution is 2.15. The van der Waals surface area contributed by atoms with Crippen molar-refractivity contribution in [3.05, 3.63) is 22.4 Å². The maximum atomic E-state index is 12.5. The second-order valence-electron chi connectivity index (χ2n) is 6.51. The highest BCUT2D eigenvalue weighted by molar-refractivity contribution is 7.12. The zero-order valence-corrected chi connectivity index (χ0v) is 16.3. The summed E-state index contributed by atoms with van der Waals surface area (Å²) in [7, 11) is 1.99. The van der Waals surface area contributed by atoms with Gasteiger partial charge in [-0.3, -0.25) is 14.5 Å². The minimum absolute atomic E-state index is 0. The summed E-state index contributed by atoms with van der Waals surface area (Å²) in [6.45, 7) is 4.97. The summed E-state index contributed by atoms with van der Waals surface area (Å²) in [5, 5.41) is 5.23. The van der Waals surface area contributed by atoms with Crippen LogP contribution in [0.15, 0.2) is 17.5 Å². The number of likely N-dealkylation sites (tertiary alicyclic amines) is 1. The number of thiophene rings is 1. The van der Waals surface area contributed by atoms with Crippen LogP contribution in [0.2, 0.25) is 0 Å². The molecular formula is C17H27ClN4O2S. The maximum Gasteiger partial charge on any atom is 0.264 e. The summed E-state index contributed by atoms with van der Waals surface area (Å²) in [6, 6.07) is 4.25. The van der Waals surface area contributed by atoms with Gasteiger partial charge < -0.3 is 15.1 Å². The molecule has 1 aromatic heterocycles. The average Bonchev–Trinajstić information content (AvgIpc) is 3.16. The molecule has 8 heteroatoms. The van der Waals surface area contributed by atoms with Gasteiger partial charge in [-0.15, -0.1) is 23.7 Å². The molecule has 2 amide bonds. The number of carbonyl (C=O) groups excluding carboxylic acids is 2. The highest BCUT2D eigenvalue weighted by Gasteiger charge is 2.27. The van der Waals surface area contributed by atoms with Crippen LogP contribution in [0.5, 0.6) is 0 Å². The lowest BCUT2D eigenvalue weighted by molar-refractivity contribution is -0.134. The number of hydrogen-bond donors (Lipinski definition) is 1. The number of hydrogen-bond acceptors (Lipinski definition) is 5. The lowest BCUT2D eigenvalue weighted by Gasteiger charge is -2.37. The van der Waals surface area contributed by atoms with Gasteiger partial charge >= 0.3 is 0 Å². The Balaban J connectivity index is 0.00000225. The fourth-order valence-corrected chi connectivity index (χ4v) is 4.13. The fourth-order valence-electron chi connectivity index (χ4n) is 3.44. The summed E-state index contributed by atoms with van der Waals surface area (Å²) in [4.78, 5) is 31.7. The van der Waals surface area contributed by atoms with Crippen LogP contribution in [0.4, 0.5) is 0 Å². The Bertz CT molecular complexity index is 561. The number of likely N-dealkylation sites (N-methyl/N-ethyl adjacent to an activating group) is 1. The summed E-state index contributed by atoms with van der Waals surface area (Å²) >= 11 is 1.47. The average molecular weight is 387 g/mol. The Morgan fingerprint density at radius 3 is 2.56 bits per heavy atom. The van der Waals surface area contributed by atoms with Crippen LogP contribution in [-0.2, 0) is 4.79 Å². The molecule has 0 aromatic carbocycles. The molecule has 0 aliphatic carbocycles. The van der Waals surface area contributed by atoms with Crippen LogP contribution >= 0.6 is 23.7 Å². The number of piperidine rings is 1. The Morgan fingerprint density at radius 2 is 1.92 bits per heavy atom. The van der Waals surface area contributed by atoms with Crippen molar-refractivity contribution in [1.29, 1.82) is 0 Å². The van der Waals surface area contributed by atoms with Crippen LogP contribution in [0.1, 0.15) is 22.5 Å². The third kappa shape index (κ3) is 5.17. The van der Waals surface area contributed by atoms with Gasteiger partial charge in [0.1, 0.15) is 0 Å². The van der Waals surface area contributed by atoms with Gasteiger partial charge in [0.15, 0.2) is 0 Å². The van der Waals surface area contributed by atoms with Crippen molar-refractivity contribution in [2.45, 2.75) is 18.9 Å². The zero-order valence-electron chi connectivity index (χ0n) is 14.6. The minimum Gasteiger partial charge on any atom is -0.338 e. The number of halogens is 1. The molecule has 1 atom stereocenters.